The van der Waals surface area contributed by atoms with Crippen molar-refractivity contribution in [3.8, 4) is 0 Å². The third-order valence-electron chi connectivity index (χ3n) is 5.53. The summed E-state index contributed by atoms with van der Waals surface area (Å²) in [5.74, 6) is -0.970. The molecule has 3 heterocycles. The van der Waals surface area contributed by atoms with Crippen LogP contribution in [0.5, 0.6) is 0 Å². The molecule has 1 atom stereocenters. The lowest BCUT2D eigenvalue weighted by Crippen LogP contribution is -2.23. The molecule has 1 aliphatic rings. The average molecular weight is 391 g/mol. The molecule has 2 N–H and O–H groups in total. The first-order valence-corrected chi connectivity index (χ1v) is 9.95. The molecular weight excluding hydrogens is 366 g/mol. The van der Waals surface area contributed by atoms with E-state index < -0.39 is 5.97 Å². The van der Waals surface area contributed by atoms with E-state index in [2.05, 4.69) is 22.3 Å². The Morgan fingerprint density at radius 1 is 1.14 bits per heavy atom. The monoisotopic (exact) mass is 391 g/mol. The number of nitrogens with one attached hydrogen (secondary N) is 1. The summed E-state index contributed by atoms with van der Waals surface area (Å²) in [6.45, 7) is 5.88. The zero-order chi connectivity index (χ0) is 20.5. The predicted molar refractivity (Wildman–Crippen MR) is 115 cm³/mol. The number of anilines is 2. The summed E-state index contributed by atoms with van der Waals surface area (Å²) in [5, 5.41) is 12.8. The van der Waals surface area contributed by atoms with Crippen molar-refractivity contribution in [2.24, 2.45) is 0 Å². The molecule has 0 amide bonds. The number of aromatic nitrogens is 1. The van der Waals surface area contributed by atoms with Crippen LogP contribution in [0, 0.1) is 6.92 Å². The summed E-state index contributed by atoms with van der Waals surface area (Å²) in [5.41, 5.74) is 4.48. The van der Waals surface area contributed by atoms with Crippen molar-refractivity contribution in [3.63, 3.8) is 0 Å². The van der Waals surface area contributed by atoms with Gasteiger partial charge in [0.05, 0.1) is 17.1 Å². The van der Waals surface area contributed by atoms with E-state index in [4.69, 9.17) is 0 Å². The number of aromatic carboxylic acids is 1. The van der Waals surface area contributed by atoms with Gasteiger partial charge in [0.25, 0.3) is 5.56 Å². The van der Waals surface area contributed by atoms with Crippen LogP contribution >= 0.6 is 0 Å². The van der Waals surface area contributed by atoms with Crippen molar-refractivity contribution in [2.45, 2.75) is 32.7 Å². The quantitative estimate of drug-likeness (QED) is 0.686. The minimum absolute atomic E-state index is 0.0486. The summed E-state index contributed by atoms with van der Waals surface area (Å²) in [7, 11) is 0. The molecule has 0 bridgehead atoms. The van der Waals surface area contributed by atoms with Gasteiger partial charge in [0.1, 0.15) is 0 Å². The standard InChI is InChI=1S/C23H25N3O3/c1-15-11-19(16(2)24-20-8-4-3-7-18(20)23(28)29)21-12-17(25-9-5-6-10-25)13-22(27)26(21)14-15/h3-4,7-8,11-14,16,24H,5-6,9-10H2,1-2H3,(H,28,29)/t16-/m0/s1. The molecule has 1 fully saturated rings. The van der Waals surface area contributed by atoms with Gasteiger partial charge < -0.3 is 15.3 Å². The average Bonchev–Trinajstić information content (AvgIpc) is 3.23. The Balaban J connectivity index is 1.80. The van der Waals surface area contributed by atoms with Gasteiger partial charge in [-0.1, -0.05) is 18.2 Å². The van der Waals surface area contributed by atoms with Crippen LogP contribution in [0.4, 0.5) is 11.4 Å². The van der Waals surface area contributed by atoms with Gasteiger partial charge in [0, 0.05) is 36.7 Å². The lowest BCUT2D eigenvalue weighted by Gasteiger charge is -2.22. The van der Waals surface area contributed by atoms with Gasteiger partial charge in [-0.25, -0.2) is 4.79 Å². The largest absolute Gasteiger partial charge is 0.478 e. The molecular formula is C23H25N3O3. The Morgan fingerprint density at radius 2 is 1.86 bits per heavy atom. The fraction of sp³-hybridized carbons (Fsp3) is 0.304. The van der Waals surface area contributed by atoms with Crippen LogP contribution in [0.15, 0.2) is 53.5 Å². The van der Waals surface area contributed by atoms with Gasteiger partial charge in [-0.15, -0.1) is 0 Å². The molecule has 29 heavy (non-hydrogen) atoms. The highest BCUT2D eigenvalue weighted by Gasteiger charge is 2.18. The second-order valence-electron chi connectivity index (χ2n) is 7.69. The minimum Gasteiger partial charge on any atom is -0.478 e. The molecule has 0 radical (unpaired) electrons. The number of rotatable bonds is 5. The van der Waals surface area contributed by atoms with Crippen LogP contribution in [-0.2, 0) is 0 Å². The van der Waals surface area contributed by atoms with E-state index >= 15 is 0 Å². The molecule has 0 aliphatic carbocycles. The number of pyridine rings is 2. The maximum absolute atomic E-state index is 12.8. The highest BCUT2D eigenvalue weighted by molar-refractivity contribution is 5.94. The van der Waals surface area contributed by atoms with Crippen molar-refractivity contribution >= 4 is 22.9 Å². The molecule has 6 nitrogen and oxygen atoms in total. The lowest BCUT2D eigenvalue weighted by molar-refractivity contribution is 0.0698. The Bertz CT molecular complexity index is 1130. The van der Waals surface area contributed by atoms with Crippen LogP contribution in [0.25, 0.3) is 5.52 Å². The molecule has 2 aromatic heterocycles. The fourth-order valence-corrected chi connectivity index (χ4v) is 4.09. The number of hydrogen-bond acceptors (Lipinski definition) is 4. The number of para-hydroxylation sites is 1. The van der Waals surface area contributed by atoms with Crippen LogP contribution in [0.1, 0.15) is 47.3 Å². The number of carboxylic acids is 1. The maximum Gasteiger partial charge on any atom is 0.337 e. The fourth-order valence-electron chi connectivity index (χ4n) is 4.09. The molecule has 3 aromatic rings. The number of hydrogen-bond donors (Lipinski definition) is 2. The molecule has 1 saturated heterocycles. The van der Waals surface area contributed by atoms with Gasteiger partial charge >= 0.3 is 5.97 Å². The molecule has 0 spiro atoms. The Morgan fingerprint density at radius 3 is 2.59 bits per heavy atom. The molecule has 0 unspecified atom stereocenters. The van der Waals surface area contributed by atoms with E-state index in [1.807, 2.05) is 26.1 Å². The van der Waals surface area contributed by atoms with E-state index in [-0.39, 0.29) is 17.2 Å². The Labute approximate surface area is 169 Å². The topological polar surface area (TPSA) is 74.0 Å². The number of nitrogens with zero attached hydrogens (tertiary/aromatic N) is 2. The first-order valence-electron chi connectivity index (χ1n) is 9.95. The third kappa shape index (κ3) is 3.70. The van der Waals surface area contributed by atoms with E-state index in [1.165, 1.54) is 0 Å². The highest BCUT2D eigenvalue weighted by atomic mass is 16.4. The first kappa shape index (κ1) is 19.1. The van der Waals surface area contributed by atoms with Gasteiger partial charge in [-0.05, 0) is 56.0 Å². The maximum atomic E-state index is 12.8. The molecule has 1 aromatic carbocycles. The molecule has 0 saturated carbocycles. The van der Waals surface area contributed by atoms with E-state index in [0.29, 0.717) is 5.69 Å². The summed E-state index contributed by atoms with van der Waals surface area (Å²) >= 11 is 0. The van der Waals surface area contributed by atoms with Crippen molar-refractivity contribution < 1.29 is 9.90 Å². The van der Waals surface area contributed by atoms with Crippen LogP contribution < -0.4 is 15.8 Å². The van der Waals surface area contributed by atoms with Crippen LogP contribution in [-0.4, -0.2) is 28.6 Å². The number of carbonyl (C=O) groups is 1. The molecule has 4 rings (SSSR count). The van der Waals surface area contributed by atoms with Gasteiger partial charge in [0.15, 0.2) is 0 Å². The second kappa shape index (κ2) is 7.62. The van der Waals surface area contributed by atoms with E-state index in [1.54, 1.807) is 28.7 Å². The van der Waals surface area contributed by atoms with Gasteiger partial charge in [-0.2, -0.15) is 0 Å². The number of aryl methyl sites for hydroxylation is 1. The lowest BCUT2D eigenvalue weighted by atomic mass is 10.0. The summed E-state index contributed by atoms with van der Waals surface area (Å²) in [4.78, 5) is 26.6. The number of benzene rings is 1. The van der Waals surface area contributed by atoms with Crippen molar-refractivity contribution in [2.75, 3.05) is 23.3 Å². The second-order valence-corrected chi connectivity index (χ2v) is 7.69. The van der Waals surface area contributed by atoms with E-state index in [9.17, 15) is 14.7 Å². The molecule has 1 aliphatic heterocycles. The zero-order valence-electron chi connectivity index (χ0n) is 16.7. The summed E-state index contributed by atoms with van der Waals surface area (Å²) < 4.78 is 1.69. The normalized spacial score (nSPS) is 14.9. The zero-order valence-corrected chi connectivity index (χ0v) is 16.7. The number of fused-ring (bicyclic) bond motifs is 1. The van der Waals surface area contributed by atoms with Gasteiger partial charge in [0.2, 0.25) is 0 Å². The summed E-state index contributed by atoms with van der Waals surface area (Å²) in [6, 6.07) is 12.5. The minimum atomic E-state index is -0.970. The first-order chi connectivity index (χ1) is 13.9. The Kier molecular flexibility index (Phi) is 5.01. The third-order valence-corrected chi connectivity index (χ3v) is 5.53. The summed E-state index contributed by atoms with van der Waals surface area (Å²) in [6.07, 6.45) is 4.14. The smallest absolute Gasteiger partial charge is 0.337 e. The van der Waals surface area contributed by atoms with Crippen molar-refractivity contribution in [3.05, 3.63) is 75.7 Å². The van der Waals surface area contributed by atoms with Crippen LogP contribution in [0.2, 0.25) is 0 Å². The highest BCUT2D eigenvalue weighted by Crippen LogP contribution is 2.28. The van der Waals surface area contributed by atoms with Crippen LogP contribution in [0.3, 0.4) is 0 Å². The number of carboxylic acid groups (broad SMARTS) is 1. The Hall–Kier alpha value is -3.28. The van der Waals surface area contributed by atoms with E-state index in [0.717, 1.165) is 48.3 Å². The SMILES string of the molecule is Cc1cc([C@H](C)Nc2ccccc2C(=O)O)c2cc(N3CCCC3)cc(=O)n2c1. The van der Waals surface area contributed by atoms with Gasteiger partial charge in [-0.3, -0.25) is 9.20 Å². The van der Waals surface area contributed by atoms with Crippen molar-refractivity contribution in [1.29, 1.82) is 0 Å². The van der Waals surface area contributed by atoms with Crippen molar-refractivity contribution in [1.82, 2.24) is 4.40 Å². The predicted octanol–water partition coefficient (Wildman–Crippen LogP) is 4.08. The molecule has 150 valence electrons. The molecule has 6 heteroatoms.